The monoisotopic (exact) mass is 368 g/mol. The minimum absolute atomic E-state index is 0.0438. The first-order valence-electron chi connectivity index (χ1n) is 9.56. The first kappa shape index (κ1) is 19.0. The SMILES string of the molecule is CCC(CNC(=NC)N1CCN(C(=O)c2ccco2)CC1)c1ccccc1. The van der Waals surface area contributed by atoms with Crippen LogP contribution >= 0.6 is 0 Å². The molecule has 1 atom stereocenters. The van der Waals surface area contributed by atoms with Crippen molar-refractivity contribution in [2.24, 2.45) is 4.99 Å². The van der Waals surface area contributed by atoms with Crippen molar-refractivity contribution in [3.63, 3.8) is 0 Å². The molecule has 1 amide bonds. The second kappa shape index (κ2) is 9.26. The van der Waals surface area contributed by atoms with Gasteiger partial charge in [0.15, 0.2) is 11.7 Å². The van der Waals surface area contributed by atoms with E-state index in [1.165, 1.54) is 11.8 Å². The highest BCUT2D eigenvalue weighted by Gasteiger charge is 2.25. The lowest BCUT2D eigenvalue weighted by Crippen LogP contribution is -2.54. The predicted molar refractivity (Wildman–Crippen MR) is 107 cm³/mol. The average Bonchev–Trinajstić information content (AvgIpc) is 3.27. The Morgan fingerprint density at radius 2 is 1.81 bits per heavy atom. The third-order valence-electron chi connectivity index (χ3n) is 5.08. The van der Waals surface area contributed by atoms with Crippen molar-refractivity contribution in [2.75, 3.05) is 39.8 Å². The third kappa shape index (κ3) is 4.70. The van der Waals surface area contributed by atoms with Gasteiger partial charge < -0.3 is 19.5 Å². The van der Waals surface area contributed by atoms with Crippen molar-refractivity contribution >= 4 is 11.9 Å². The molecule has 6 nitrogen and oxygen atoms in total. The molecule has 0 radical (unpaired) electrons. The number of carbonyl (C=O) groups excluding carboxylic acids is 1. The molecule has 1 aliphatic rings. The molecule has 0 aliphatic carbocycles. The van der Waals surface area contributed by atoms with Crippen LogP contribution in [0, 0.1) is 0 Å². The molecule has 0 bridgehead atoms. The van der Waals surface area contributed by atoms with Crippen molar-refractivity contribution in [3.8, 4) is 0 Å². The fraction of sp³-hybridized carbons (Fsp3) is 0.429. The minimum atomic E-state index is -0.0438. The molecule has 1 fully saturated rings. The van der Waals surface area contributed by atoms with E-state index in [1.54, 1.807) is 12.1 Å². The topological polar surface area (TPSA) is 61.1 Å². The van der Waals surface area contributed by atoms with Gasteiger partial charge in [0.05, 0.1) is 6.26 Å². The Hall–Kier alpha value is -2.76. The number of piperazine rings is 1. The summed E-state index contributed by atoms with van der Waals surface area (Å²) in [5.41, 5.74) is 1.34. The van der Waals surface area contributed by atoms with Crippen LogP contribution in [0.25, 0.3) is 0 Å². The summed E-state index contributed by atoms with van der Waals surface area (Å²) in [6, 6.07) is 14.0. The second-order valence-electron chi connectivity index (χ2n) is 6.70. The van der Waals surface area contributed by atoms with Gasteiger partial charge in [0, 0.05) is 45.7 Å². The Morgan fingerprint density at radius 3 is 2.41 bits per heavy atom. The number of furan rings is 1. The summed E-state index contributed by atoms with van der Waals surface area (Å²) in [5, 5.41) is 3.51. The smallest absolute Gasteiger partial charge is 0.289 e. The maximum Gasteiger partial charge on any atom is 0.289 e. The van der Waals surface area contributed by atoms with E-state index in [9.17, 15) is 4.79 Å². The summed E-state index contributed by atoms with van der Waals surface area (Å²) < 4.78 is 5.22. The summed E-state index contributed by atoms with van der Waals surface area (Å²) in [5.74, 6) is 1.71. The summed E-state index contributed by atoms with van der Waals surface area (Å²) in [7, 11) is 1.81. The predicted octanol–water partition coefficient (Wildman–Crippen LogP) is 2.81. The summed E-state index contributed by atoms with van der Waals surface area (Å²) >= 11 is 0. The number of amides is 1. The molecule has 6 heteroatoms. The number of hydrogen-bond acceptors (Lipinski definition) is 3. The number of nitrogens with zero attached hydrogens (tertiary/aromatic N) is 3. The quantitative estimate of drug-likeness (QED) is 0.651. The van der Waals surface area contributed by atoms with Gasteiger partial charge in [-0.1, -0.05) is 37.3 Å². The highest BCUT2D eigenvalue weighted by Crippen LogP contribution is 2.18. The zero-order valence-corrected chi connectivity index (χ0v) is 16.1. The molecule has 0 spiro atoms. The maximum absolute atomic E-state index is 12.4. The van der Waals surface area contributed by atoms with Crippen molar-refractivity contribution in [1.29, 1.82) is 0 Å². The molecule has 1 N–H and O–H groups in total. The van der Waals surface area contributed by atoms with Gasteiger partial charge in [0.1, 0.15) is 0 Å². The van der Waals surface area contributed by atoms with E-state index in [0.717, 1.165) is 32.0 Å². The lowest BCUT2D eigenvalue weighted by Gasteiger charge is -2.36. The van der Waals surface area contributed by atoms with Gasteiger partial charge in [-0.2, -0.15) is 0 Å². The third-order valence-corrected chi connectivity index (χ3v) is 5.08. The highest BCUT2D eigenvalue weighted by atomic mass is 16.3. The van der Waals surface area contributed by atoms with Crippen molar-refractivity contribution in [2.45, 2.75) is 19.3 Å². The molecule has 1 aromatic heterocycles. The van der Waals surface area contributed by atoms with Gasteiger partial charge in [-0.3, -0.25) is 9.79 Å². The first-order chi connectivity index (χ1) is 13.2. The lowest BCUT2D eigenvalue weighted by atomic mass is 9.96. The summed E-state index contributed by atoms with van der Waals surface area (Å²) in [6.07, 6.45) is 2.60. The Morgan fingerprint density at radius 1 is 1.11 bits per heavy atom. The molecule has 27 heavy (non-hydrogen) atoms. The van der Waals surface area contributed by atoms with Crippen molar-refractivity contribution in [1.82, 2.24) is 15.1 Å². The zero-order valence-electron chi connectivity index (χ0n) is 16.1. The first-order valence-corrected chi connectivity index (χ1v) is 9.56. The molecule has 1 aliphatic heterocycles. The molecule has 2 heterocycles. The van der Waals surface area contributed by atoms with Gasteiger partial charge in [-0.15, -0.1) is 0 Å². The molecule has 2 aromatic rings. The van der Waals surface area contributed by atoms with E-state index in [0.29, 0.717) is 24.8 Å². The number of guanidine groups is 1. The number of benzene rings is 1. The van der Waals surface area contributed by atoms with Crippen LogP contribution in [0.15, 0.2) is 58.1 Å². The highest BCUT2D eigenvalue weighted by molar-refractivity contribution is 5.91. The van der Waals surface area contributed by atoms with Gasteiger partial charge in [-0.05, 0) is 24.1 Å². The Kier molecular flexibility index (Phi) is 6.52. The average molecular weight is 368 g/mol. The van der Waals surface area contributed by atoms with Crippen LogP contribution in [0.2, 0.25) is 0 Å². The molecule has 1 unspecified atom stereocenters. The van der Waals surface area contributed by atoms with Crippen LogP contribution in [-0.4, -0.2) is 61.4 Å². The van der Waals surface area contributed by atoms with Crippen LogP contribution in [0.3, 0.4) is 0 Å². The molecule has 3 rings (SSSR count). The molecule has 1 aromatic carbocycles. The van der Waals surface area contributed by atoms with Crippen molar-refractivity contribution in [3.05, 3.63) is 60.1 Å². The van der Waals surface area contributed by atoms with Crippen LogP contribution < -0.4 is 5.32 Å². The fourth-order valence-corrected chi connectivity index (χ4v) is 3.45. The van der Waals surface area contributed by atoms with Crippen molar-refractivity contribution < 1.29 is 9.21 Å². The van der Waals surface area contributed by atoms with E-state index in [1.807, 2.05) is 18.0 Å². The van der Waals surface area contributed by atoms with Gasteiger partial charge in [0.2, 0.25) is 0 Å². The molecule has 0 saturated carbocycles. The second-order valence-corrected chi connectivity index (χ2v) is 6.70. The maximum atomic E-state index is 12.4. The zero-order chi connectivity index (χ0) is 19.1. The Balaban J connectivity index is 1.52. The molecule has 1 saturated heterocycles. The largest absolute Gasteiger partial charge is 0.459 e. The molecular formula is C21H28N4O2. The molecule has 144 valence electrons. The summed E-state index contributed by atoms with van der Waals surface area (Å²) in [6.45, 7) is 5.90. The number of rotatable bonds is 5. The lowest BCUT2D eigenvalue weighted by molar-refractivity contribution is 0.0657. The van der Waals surface area contributed by atoms with E-state index in [2.05, 4.69) is 46.4 Å². The Bertz CT molecular complexity index is 735. The minimum Gasteiger partial charge on any atom is -0.459 e. The van der Waals surface area contributed by atoms with E-state index < -0.39 is 0 Å². The van der Waals surface area contributed by atoms with Crippen LogP contribution in [0.1, 0.15) is 35.4 Å². The Labute approximate surface area is 160 Å². The number of hydrogen-bond donors (Lipinski definition) is 1. The van der Waals surface area contributed by atoms with Gasteiger partial charge >= 0.3 is 0 Å². The number of aliphatic imine (C=N–C) groups is 1. The normalized spacial score (nSPS) is 16.3. The van der Waals surface area contributed by atoms with E-state index >= 15 is 0 Å². The van der Waals surface area contributed by atoms with Gasteiger partial charge in [0.25, 0.3) is 5.91 Å². The number of nitrogens with one attached hydrogen (secondary N) is 1. The summed E-state index contributed by atoms with van der Waals surface area (Å²) in [4.78, 5) is 20.9. The standard InChI is InChI=1S/C21H28N4O2/c1-3-17(18-8-5-4-6-9-18)16-23-21(22-2)25-13-11-24(12-14-25)20(26)19-10-7-15-27-19/h4-10,15,17H,3,11-14,16H2,1-2H3,(H,22,23). The van der Waals surface area contributed by atoms with E-state index in [-0.39, 0.29) is 5.91 Å². The van der Waals surface area contributed by atoms with E-state index in [4.69, 9.17) is 4.42 Å². The number of carbonyl (C=O) groups is 1. The van der Waals surface area contributed by atoms with Gasteiger partial charge in [-0.25, -0.2) is 0 Å². The molecular weight excluding hydrogens is 340 g/mol. The fourth-order valence-electron chi connectivity index (χ4n) is 3.45. The van der Waals surface area contributed by atoms with Crippen LogP contribution in [0.4, 0.5) is 0 Å². The van der Waals surface area contributed by atoms with Crippen LogP contribution in [0.5, 0.6) is 0 Å². The van der Waals surface area contributed by atoms with Crippen LogP contribution in [-0.2, 0) is 0 Å².